The Morgan fingerprint density at radius 1 is 1.00 bits per heavy atom. The molecular formula is C19H26BrN3O3. The van der Waals surface area contributed by atoms with Gasteiger partial charge in [0, 0.05) is 44.8 Å². The van der Waals surface area contributed by atoms with Gasteiger partial charge in [-0.25, -0.2) is 0 Å². The van der Waals surface area contributed by atoms with Gasteiger partial charge in [0.15, 0.2) is 0 Å². The van der Waals surface area contributed by atoms with Crippen LogP contribution in [0.25, 0.3) is 0 Å². The number of carbonyl (C=O) groups excluding carboxylic acids is 2. The van der Waals surface area contributed by atoms with Crippen LogP contribution in [0, 0.1) is 0 Å². The molecular weight excluding hydrogens is 398 g/mol. The minimum Gasteiger partial charge on any atom is -0.496 e. The number of hydrogen-bond acceptors (Lipinski definition) is 4. The topological polar surface area (TPSA) is 53.1 Å². The molecule has 0 aliphatic carbocycles. The fraction of sp³-hybridized carbons (Fsp3) is 0.579. The maximum atomic E-state index is 12.7. The fourth-order valence-electron chi connectivity index (χ4n) is 3.53. The first-order chi connectivity index (χ1) is 12.6. The van der Waals surface area contributed by atoms with Crippen molar-refractivity contribution in [2.45, 2.75) is 19.3 Å². The summed E-state index contributed by atoms with van der Waals surface area (Å²) in [6.45, 7) is 5.03. The first kappa shape index (κ1) is 19.2. The van der Waals surface area contributed by atoms with E-state index in [1.54, 1.807) is 25.3 Å². The number of likely N-dealkylation sites (tertiary alicyclic amines) is 1. The molecule has 0 bridgehead atoms. The van der Waals surface area contributed by atoms with E-state index in [2.05, 4.69) is 20.8 Å². The van der Waals surface area contributed by atoms with E-state index in [1.165, 1.54) is 6.42 Å². The number of benzene rings is 1. The van der Waals surface area contributed by atoms with Gasteiger partial charge < -0.3 is 14.5 Å². The number of methoxy groups -OCH3 is 1. The van der Waals surface area contributed by atoms with E-state index >= 15 is 0 Å². The van der Waals surface area contributed by atoms with E-state index in [0.29, 0.717) is 30.9 Å². The van der Waals surface area contributed by atoms with Gasteiger partial charge in [-0.3, -0.25) is 14.5 Å². The van der Waals surface area contributed by atoms with Gasteiger partial charge in [0.05, 0.1) is 18.1 Å². The van der Waals surface area contributed by atoms with Crippen LogP contribution < -0.4 is 4.74 Å². The molecule has 2 aliphatic heterocycles. The molecule has 6 nitrogen and oxygen atoms in total. The normalized spacial score (nSPS) is 18.7. The Balaban J connectivity index is 1.50. The largest absolute Gasteiger partial charge is 0.496 e. The number of amides is 2. The summed E-state index contributed by atoms with van der Waals surface area (Å²) in [7, 11) is 1.60. The van der Waals surface area contributed by atoms with Gasteiger partial charge in [0.2, 0.25) is 5.91 Å². The van der Waals surface area contributed by atoms with Gasteiger partial charge in [-0.1, -0.05) is 0 Å². The molecule has 3 rings (SSSR count). The molecule has 1 aromatic carbocycles. The fourth-order valence-corrected chi connectivity index (χ4v) is 4.07. The number of carbonyl (C=O) groups is 2. The van der Waals surface area contributed by atoms with Crippen LogP contribution >= 0.6 is 15.9 Å². The van der Waals surface area contributed by atoms with E-state index in [4.69, 9.17) is 4.74 Å². The van der Waals surface area contributed by atoms with Crippen LogP contribution in [-0.2, 0) is 4.79 Å². The third kappa shape index (κ3) is 4.57. The zero-order valence-corrected chi connectivity index (χ0v) is 16.8. The SMILES string of the molecule is COc1ccc(C(=O)N2CCN(CC(=O)N3CCCCC3)CC2)cc1Br. The molecule has 0 spiro atoms. The van der Waals surface area contributed by atoms with Gasteiger partial charge in [-0.2, -0.15) is 0 Å². The molecule has 7 heteroatoms. The van der Waals surface area contributed by atoms with E-state index in [9.17, 15) is 9.59 Å². The number of hydrogen-bond donors (Lipinski definition) is 0. The van der Waals surface area contributed by atoms with Crippen LogP contribution in [0.2, 0.25) is 0 Å². The second kappa shape index (κ2) is 8.86. The average molecular weight is 424 g/mol. The van der Waals surface area contributed by atoms with Gasteiger partial charge in [0.25, 0.3) is 5.91 Å². The molecule has 26 heavy (non-hydrogen) atoms. The predicted molar refractivity (Wildman–Crippen MR) is 103 cm³/mol. The summed E-state index contributed by atoms with van der Waals surface area (Å²) in [6, 6.07) is 5.39. The smallest absolute Gasteiger partial charge is 0.253 e. The molecule has 142 valence electrons. The lowest BCUT2D eigenvalue weighted by molar-refractivity contribution is -0.133. The second-order valence-electron chi connectivity index (χ2n) is 6.86. The molecule has 0 unspecified atom stereocenters. The third-order valence-electron chi connectivity index (χ3n) is 5.13. The molecule has 0 N–H and O–H groups in total. The molecule has 2 fully saturated rings. The van der Waals surface area contributed by atoms with Crippen molar-refractivity contribution >= 4 is 27.7 Å². The van der Waals surface area contributed by atoms with Gasteiger partial charge >= 0.3 is 0 Å². The Bertz CT molecular complexity index is 653. The number of ether oxygens (including phenoxy) is 1. The minimum atomic E-state index is 0.0235. The zero-order chi connectivity index (χ0) is 18.5. The highest BCUT2D eigenvalue weighted by Gasteiger charge is 2.25. The maximum absolute atomic E-state index is 12.7. The molecule has 0 saturated carbocycles. The molecule has 2 saturated heterocycles. The number of nitrogens with zero attached hydrogens (tertiary/aromatic N) is 3. The molecule has 0 radical (unpaired) electrons. The van der Waals surface area contributed by atoms with Crippen LogP contribution in [0.1, 0.15) is 29.6 Å². The molecule has 2 amide bonds. The Morgan fingerprint density at radius 2 is 1.69 bits per heavy atom. The highest BCUT2D eigenvalue weighted by Crippen LogP contribution is 2.26. The molecule has 1 aromatic rings. The highest BCUT2D eigenvalue weighted by molar-refractivity contribution is 9.10. The summed E-state index contributed by atoms with van der Waals surface area (Å²) in [5.41, 5.74) is 0.649. The van der Waals surface area contributed by atoms with Crippen LogP contribution in [0.5, 0.6) is 5.75 Å². The predicted octanol–water partition coefficient (Wildman–Crippen LogP) is 2.23. The van der Waals surface area contributed by atoms with Crippen molar-refractivity contribution in [3.63, 3.8) is 0 Å². The Morgan fingerprint density at radius 3 is 2.31 bits per heavy atom. The molecule has 2 aliphatic rings. The van der Waals surface area contributed by atoms with E-state index in [0.717, 1.165) is 43.5 Å². The molecule has 0 aromatic heterocycles. The van der Waals surface area contributed by atoms with Crippen LogP contribution in [0.3, 0.4) is 0 Å². The van der Waals surface area contributed by atoms with Crippen molar-refractivity contribution in [2.75, 3.05) is 52.9 Å². The van der Waals surface area contributed by atoms with Crippen molar-refractivity contribution in [3.8, 4) is 5.75 Å². The number of piperidine rings is 1. The standard InChI is InChI=1S/C19H26BrN3O3/c1-26-17-6-5-15(13-16(17)20)19(25)23-11-9-21(10-12-23)14-18(24)22-7-3-2-4-8-22/h5-6,13H,2-4,7-12,14H2,1H3. The summed E-state index contributed by atoms with van der Waals surface area (Å²) in [6.07, 6.45) is 3.46. The third-order valence-corrected chi connectivity index (χ3v) is 5.75. The first-order valence-electron chi connectivity index (χ1n) is 9.21. The van der Waals surface area contributed by atoms with Gasteiger partial charge in [-0.05, 0) is 53.4 Å². The Hall–Kier alpha value is -1.60. The second-order valence-corrected chi connectivity index (χ2v) is 7.71. The summed E-state index contributed by atoms with van der Waals surface area (Å²) < 4.78 is 5.99. The van der Waals surface area contributed by atoms with Crippen molar-refractivity contribution in [3.05, 3.63) is 28.2 Å². The lowest BCUT2D eigenvalue weighted by Crippen LogP contribution is -2.52. The first-order valence-corrected chi connectivity index (χ1v) is 10.0. The zero-order valence-electron chi connectivity index (χ0n) is 15.2. The lowest BCUT2D eigenvalue weighted by Gasteiger charge is -2.36. The Labute approximate surface area is 163 Å². The molecule has 0 atom stereocenters. The average Bonchev–Trinajstić information content (AvgIpc) is 2.68. The summed E-state index contributed by atoms with van der Waals surface area (Å²) in [5, 5.41) is 0. The van der Waals surface area contributed by atoms with E-state index in [1.807, 2.05) is 9.80 Å². The summed E-state index contributed by atoms with van der Waals surface area (Å²) in [5.74, 6) is 0.960. The monoisotopic (exact) mass is 423 g/mol. The van der Waals surface area contributed by atoms with Gasteiger partial charge in [-0.15, -0.1) is 0 Å². The van der Waals surface area contributed by atoms with E-state index in [-0.39, 0.29) is 11.8 Å². The van der Waals surface area contributed by atoms with Crippen molar-refractivity contribution in [1.29, 1.82) is 0 Å². The van der Waals surface area contributed by atoms with Crippen LogP contribution in [0.4, 0.5) is 0 Å². The Kier molecular flexibility index (Phi) is 6.53. The van der Waals surface area contributed by atoms with Crippen molar-refractivity contribution < 1.29 is 14.3 Å². The highest BCUT2D eigenvalue weighted by atomic mass is 79.9. The number of piperazine rings is 1. The van der Waals surface area contributed by atoms with Crippen LogP contribution in [0.15, 0.2) is 22.7 Å². The van der Waals surface area contributed by atoms with E-state index < -0.39 is 0 Å². The lowest BCUT2D eigenvalue weighted by atomic mass is 10.1. The summed E-state index contributed by atoms with van der Waals surface area (Å²) in [4.78, 5) is 31.1. The van der Waals surface area contributed by atoms with Crippen LogP contribution in [-0.4, -0.2) is 79.4 Å². The summed E-state index contributed by atoms with van der Waals surface area (Å²) >= 11 is 3.43. The number of halogens is 1. The van der Waals surface area contributed by atoms with Crippen molar-refractivity contribution in [1.82, 2.24) is 14.7 Å². The van der Waals surface area contributed by atoms with Gasteiger partial charge in [0.1, 0.15) is 5.75 Å². The maximum Gasteiger partial charge on any atom is 0.253 e. The quantitative estimate of drug-likeness (QED) is 0.744. The number of rotatable bonds is 4. The van der Waals surface area contributed by atoms with Crippen molar-refractivity contribution in [2.24, 2.45) is 0 Å². The molecule has 2 heterocycles. The minimum absolute atomic E-state index is 0.0235.